The Hall–Kier alpha value is -2.49. The molecule has 1 aliphatic rings. The van der Waals surface area contributed by atoms with Crippen LogP contribution >= 0.6 is 0 Å². The zero-order valence-electron chi connectivity index (χ0n) is 12.4. The third-order valence-electron chi connectivity index (χ3n) is 3.19. The van der Waals surface area contributed by atoms with Crippen molar-refractivity contribution in [1.82, 2.24) is 10.4 Å². The Balaban J connectivity index is 2.05. The molecular weight excluding hydrogens is 336 g/mol. The number of hydrogen-bond donors (Lipinski definition) is 2. The summed E-state index contributed by atoms with van der Waals surface area (Å²) in [5, 5.41) is 9.82. The van der Waals surface area contributed by atoms with Crippen molar-refractivity contribution in [3.63, 3.8) is 0 Å². The van der Waals surface area contributed by atoms with Gasteiger partial charge in [-0.3, -0.25) is 10.2 Å². The first-order valence-electron chi connectivity index (χ1n) is 6.66. The van der Waals surface area contributed by atoms with Crippen molar-refractivity contribution in [2.75, 3.05) is 13.7 Å². The number of nitrogens with one attached hydrogen (secondary N) is 1. The van der Waals surface area contributed by atoms with Crippen molar-refractivity contribution in [2.45, 2.75) is 18.6 Å². The van der Waals surface area contributed by atoms with E-state index in [9.17, 15) is 27.5 Å². The number of alkyl halides is 4. The molecule has 0 spiro atoms. The molecule has 0 bridgehead atoms. The number of amides is 1. The summed E-state index contributed by atoms with van der Waals surface area (Å²) in [4.78, 5) is 12.0. The number of allylic oxidation sites excluding steroid dienone is 1. The van der Waals surface area contributed by atoms with E-state index >= 15 is 0 Å². The van der Waals surface area contributed by atoms with Crippen LogP contribution in [0.1, 0.15) is 0 Å². The maximum absolute atomic E-state index is 13.0. The van der Waals surface area contributed by atoms with Gasteiger partial charge in [-0.1, -0.05) is 0 Å². The second-order valence-electron chi connectivity index (χ2n) is 4.79. The van der Waals surface area contributed by atoms with Crippen molar-refractivity contribution < 1.29 is 36.9 Å². The van der Waals surface area contributed by atoms with Crippen molar-refractivity contribution in [1.29, 1.82) is 0 Å². The second-order valence-corrected chi connectivity index (χ2v) is 4.79. The second kappa shape index (κ2) is 6.95. The molecule has 10 heteroatoms. The monoisotopic (exact) mass is 350 g/mol. The summed E-state index contributed by atoms with van der Waals surface area (Å²) < 4.78 is 61.3. The Morgan fingerprint density at radius 1 is 1.25 bits per heavy atom. The van der Waals surface area contributed by atoms with Crippen LogP contribution in [0.4, 0.5) is 17.6 Å². The quantitative estimate of drug-likeness (QED) is 0.762. The minimum atomic E-state index is -3.49. The summed E-state index contributed by atoms with van der Waals surface area (Å²) in [5.41, 5.74) is -2.38. The van der Waals surface area contributed by atoms with Crippen LogP contribution in [0.3, 0.4) is 0 Å². The van der Waals surface area contributed by atoms with Crippen LogP contribution in [-0.4, -0.2) is 48.3 Å². The van der Waals surface area contributed by atoms with E-state index in [0.717, 1.165) is 0 Å². The summed E-state index contributed by atoms with van der Waals surface area (Å²) in [6, 6.07) is 6.01. The van der Waals surface area contributed by atoms with E-state index in [1.807, 2.05) is 0 Å². The lowest BCUT2D eigenvalue weighted by atomic mass is 10.2. The summed E-state index contributed by atoms with van der Waals surface area (Å²) in [7, 11) is 1.46. The highest BCUT2D eigenvalue weighted by atomic mass is 19.3. The van der Waals surface area contributed by atoms with Crippen LogP contribution in [0.25, 0.3) is 0 Å². The van der Waals surface area contributed by atoms with Crippen molar-refractivity contribution >= 4 is 5.91 Å². The van der Waals surface area contributed by atoms with Gasteiger partial charge >= 0.3 is 0 Å². The molecule has 2 rings (SSSR count). The predicted molar refractivity (Wildman–Crippen MR) is 73.5 cm³/mol. The number of nitrogens with zero attached hydrogens (tertiary/aromatic N) is 1. The van der Waals surface area contributed by atoms with Gasteiger partial charge in [0.2, 0.25) is 5.72 Å². The van der Waals surface area contributed by atoms with Crippen LogP contribution < -0.4 is 14.9 Å². The standard InChI is InChI=1S/C14H14F4N2O4/c1-23-8-2-4-9(5-3-8)24-7-11(21)20-14(22,13(17)18)6-10(19-20)12(15)16/h2-6,12-13,19,22H,7H2,1H3. The molecule has 1 amide bonds. The maximum atomic E-state index is 13.0. The van der Waals surface area contributed by atoms with Gasteiger partial charge in [-0.2, -0.15) is 0 Å². The fourth-order valence-electron chi connectivity index (χ4n) is 1.96. The number of carbonyl (C=O) groups excluding carboxylic acids is 1. The van der Waals surface area contributed by atoms with Gasteiger partial charge in [0.15, 0.2) is 6.61 Å². The van der Waals surface area contributed by atoms with Gasteiger partial charge in [-0.15, -0.1) is 0 Å². The van der Waals surface area contributed by atoms with Gasteiger partial charge in [0.25, 0.3) is 18.8 Å². The van der Waals surface area contributed by atoms with Gasteiger partial charge in [0.05, 0.1) is 12.8 Å². The fraction of sp³-hybridized carbons (Fsp3) is 0.357. The van der Waals surface area contributed by atoms with Gasteiger partial charge in [0, 0.05) is 6.08 Å². The molecule has 1 aliphatic heterocycles. The molecule has 0 aliphatic carbocycles. The van der Waals surface area contributed by atoms with Crippen molar-refractivity contribution in [3.05, 3.63) is 36.0 Å². The lowest BCUT2D eigenvalue weighted by Gasteiger charge is -2.31. The Bertz CT molecular complexity index is 624. The molecule has 1 atom stereocenters. The summed E-state index contributed by atoms with van der Waals surface area (Å²) in [6.45, 7) is -0.751. The van der Waals surface area contributed by atoms with Crippen molar-refractivity contribution in [3.8, 4) is 11.5 Å². The molecule has 1 aromatic rings. The highest BCUT2D eigenvalue weighted by Gasteiger charge is 2.50. The van der Waals surface area contributed by atoms with Crippen LogP contribution in [0.15, 0.2) is 36.0 Å². The Morgan fingerprint density at radius 3 is 2.33 bits per heavy atom. The normalized spacial score (nSPS) is 20.2. The smallest absolute Gasteiger partial charge is 0.291 e. The first-order valence-corrected chi connectivity index (χ1v) is 6.66. The highest BCUT2D eigenvalue weighted by molar-refractivity contribution is 5.79. The van der Waals surface area contributed by atoms with Crippen LogP contribution in [0, 0.1) is 0 Å². The molecule has 1 unspecified atom stereocenters. The molecule has 1 heterocycles. The van der Waals surface area contributed by atoms with Gasteiger partial charge in [-0.05, 0) is 24.3 Å². The third-order valence-corrected chi connectivity index (χ3v) is 3.19. The molecule has 2 N–H and O–H groups in total. The lowest BCUT2D eigenvalue weighted by molar-refractivity contribution is -0.185. The number of aliphatic hydroxyl groups is 1. The van der Waals surface area contributed by atoms with E-state index in [4.69, 9.17) is 9.47 Å². The SMILES string of the molecule is COc1ccc(OCC(=O)N2NC(C(F)F)=CC2(O)C(F)F)cc1. The van der Waals surface area contributed by atoms with E-state index in [-0.39, 0.29) is 16.8 Å². The van der Waals surface area contributed by atoms with E-state index in [1.165, 1.54) is 19.2 Å². The fourth-order valence-corrected chi connectivity index (χ4v) is 1.96. The zero-order chi connectivity index (χ0) is 17.9. The third kappa shape index (κ3) is 3.53. The van der Waals surface area contributed by atoms with E-state index in [0.29, 0.717) is 5.75 Å². The van der Waals surface area contributed by atoms with Gasteiger partial charge in [0.1, 0.15) is 11.5 Å². The first kappa shape index (κ1) is 17.9. The van der Waals surface area contributed by atoms with Crippen LogP contribution in [0.2, 0.25) is 0 Å². The number of carbonyl (C=O) groups is 1. The molecule has 6 nitrogen and oxygen atoms in total. The molecular formula is C14H14F4N2O4. The predicted octanol–water partition coefficient (Wildman–Crippen LogP) is 1.52. The largest absolute Gasteiger partial charge is 0.497 e. The molecule has 0 saturated heterocycles. The Kier molecular flexibility index (Phi) is 5.17. The Labute approximate surface area is 134 Å². The van der Waals surface area contributed by atoms with E-state index in [2.05, 4.69) is 0 Å². The zero-order valence-corrected chi connectivity index (χ0v) is 12.4. The minimum absolute atomic E-state index is 0.0304. The topological polar surface area (TPSA) is 71.0 Å². The van der Waals surface area contributed by atoms with Crippen molar-refractivity contribution in [2.24, 2.45) is 0 Å². The molecule has 0 saturated carbocycles. The lowest BCUT2D eigenvalue weighted by Crippen LogP contribution is -2.58. The molecule has 1 aromatic carbocycles. The summed E-state index contributed by atoms with van der Waals surface area (Å²) in [6.07, 6.45) is -6.44. The minimum Gasteiger partial charge on any atom is -0.497 e. The highest BCUT2D eigenvalue weighted by Crippen LogP contribution is 2.30. The van der Waals surface area contributed by atoms with E-state index in [1.54, 1.807) is 17.6 Å². The number of hydrazine groups is 1. The number of ether oxygens (including phenoxy) is 2. The number of benzene rings is 1. The molecule has 0 radical (unpaired) electrons. The average Bonchev–Trinajstić information content (AvgIpc) is 2.93. The average molecular weight is 350 g/mol. The molecule has 24 heavy (non-hydrogen) atoms. The maximum Gasteiger partial charge on any atom is 0.291 e. The van der Waals surface area contributed by atoms with Gasteiger partial charge < -0.3 is 14.6 Å². The first-order chi connectivity index (χ1) is 11.3. The summed E-state index contributed by atoms with van der Waals surface area (Å²) >= 11 is 0. The summed E-state index contributed by atoms with van der Waals surface area (Å²) in [5.74, 6) is -0.390. The number of hydrogen-bond acceptors (Lipinski definition) is 5. The molecule has 132 valence electrons. The number of rotatable bonds is 6. The number of methoxy groups -OCH3 is 1. The Morgan fingerprint density at radius 2 is 1.83 bits per heavy atom. The molecule has 0 fully saturated rings. The van der Waals surface area contributed by atoms with Crippen LogP contribution in [-0.2, 0) is 4.79 Å². The van der Waals surface area contributed by atoms with E-state index < -0.39 is 36.8 Å². The molecule has 0 aromatic heterocycles. The van der Waals surface area contributed by atoms with Crippen LogP contribution in [0.5, 0.6) is 11.5 Å². The number of halogens is 4. The van der Waals surface area contributed by atoms with Gasteiger partial charge in [-0.25, -0.2) is 22.6 Å².